The van der Waals surface area contributed by atoms with Crippen molar-refractivity contribution in [3.63, 3.8) is 0 Å². The van der Waals surface area contributed by atoms with Crippen molar-refractivity contribution in [3.8, 4) is 0 Å². The number of carbonyl (C=O) groups is 1. The van der Waals surface area contributed by atoms with Crippen molar-refractivity contribution in [3.05, 3.63) is 76.2 Å². The van der Waals surface area contributed by atoms with Crippen LogP contribution in [0.4, 0.5) is 0 Å². The minimum Gasteiger partial charge on any atom is -0.315 e. The maximum absolute atomic E-state index is 13.2. The zero-order valence-corrected chi connectivity index (χ0v) is 16.3. The number of rotatable bonds is 8. The monoisotopic (exact) mass is 393 g/mol. The van der Waals surface area contributed by atoms with E-state index in [9.17, 15) is 9.36 Å². The molecule has 2 aromatic rings. The van der Waals surface area contributed by atoms with E-state index in [1.54, 1.807) is 68.5 Å². The molecule has 0 bridgehead atoms. The summed E-state index contributed by atoms with van der Waals surface area (Å²) in [5.74, 6) is -0.398. The number of halogens is 1. The van der Waals surface area contributed by atoms with Crippen LogP contribution >= 0.6 is 19.2 Å². The Morgan fingerprint density at radius 2 is 1.62 bits per heavy atom. The Morgan fingerprint density at radius 3 is 2.15 bits per heavy atom. The maximum atomic E-state index is 13.2. The van der Waals surface area contributed by atoms with E-state index in [0.717, 1.165) is 0 Å². The summed E-state index contributed by atoms with van der Waals surface area (Å²) in [6.07, 6.45) is 1.57. The standard InChI is InChI=1S/C19H21ClNO4P/c1-3-24-26(23,25-4-2)18(14-15-10-12-17(20)13-11-15)21-19(22)16-8-6-5-7-9-16/h5-14H,3-4H2,1-2H3,(H,21,22). The summed E-state index contributed by atoms with van der Waals surface area (Å²) in [5.41, 5.74) is 1.23. The van der Waals surface area contributed by atoms with E-state index in [0.29, 0.717) is 16.1 Å². The highest BCUT2D eigenvalue weighted by atomic mass is 35.5. The molecule has 0 aromatic heterocycles. The molecular weight excluding hydrogens is 373 g/mol. The van der Waals surface area contributed by atoms with Crippen LogP contribution in [0.1, 0.15) is 29.8 Å². The fraction of sp³-hybridized carbons (Fsp3) is 0.211. The van der Waals surface area contributed by atoms with Gasteiger partial charge in [0.05, 0.1) is 13.2 Å². The highest BCUT2D eigenvalue weighted by Crippen LogP contribution is 2.55. The number of hydrogen-bond donors (Lipinski definition) is 1. The van der Waals surface area contributed by atoms with Crippen LogP contribution < -0.4 is 5.32 Å². The number of amides is 1. The summed E-state index contributed by atoms with van der Waals surface area (Å²) in [6, 6.07) is 15.6. The smallest absolute Gasteiger partial charge is 0.315 e. The van der Waals surface area contributed by atoms with Gasteiger partial charge in [-0.2, -0.15) is 0 Å². The maximum Gasteiger partial charge on any atom is 0.377 e. The Kier molecular flexibility index (Phi) is 7.61. The molecule has 2 aromatic carbocycles. The molecule has 1 amide bonds. The van der Waals surface area contributed by atoms with Crippen LogP contribution in [0.3, 0.4) is 0 Å². The van der Waals surface area contributed by atoms with E-state index in [-0.39, 0.29) is 18.7 Å². The van der Waals surface area contributed by atoms with Crippen LogP contribution in [0.5, 0.6) is 0 Å². The van der Waals surface area contributed by atoms with Crippen molar-refractivity contribution in [2.75, 3.05) is 13.2 Å². The van der Waals surface area contributed by atoms with Gasteiger partial charge in [0.25, 0.3) is 5.91 Å². The number of hydrogen-bond acceptors (Lipinski definition) is 4. The average Bonchev–Trinajstić information content (AvgIpc) is 2.64. The Bertz CT molecular complexity index is 796. The lowest BCUT2D eigenvalue weighted by atomic mass is 10.2. The molecule has 138 valence electrons. The number of nitrogens with one attached hydrogen (secondary N) is 1. The Labute approximate surface area is 158 Å². The van der Waals surface area contributed by atoms with Gasteiger partial charge in [-0.05, 0) is 49.8 Å². The van der Waals surface area contributed by atoms with Crippen molar-refractivity contribution in [2.45, 2.75) is 13.8 Å². The van der Waals surface area contributed by atoms with Crippen molar-refractivity contribution in [1.29, 1.82) is 0 Å². The SMILES string of the molecule is CCOP(=O)(OCC)C(=Cc1ccc(Cl)cc1)NC(=O)c1ccccc1. The van der Waals surface area contributed by atoms with E-state index in [2.05, 4.69) is 5.32 Å². The molecule has 0 saturated heterocycles. The van der Waals surface area contributed by atoms with Gasteiger partial charge in [0.1, 0.15) is 5.44 Å². The molecule has 0 atom stereocenters. The Balaban J connectivity index is 2.41. The molecule has 0 fully saturated rings. The van der Waals surface area contributed by atoms with Crippen LogP contribution in [-0.2, 0) is 13.6 Å². The second-order valence-corrected chi connectivity index (χ2v) is 7.66. The molecule has 1 N–H and O–H groups in total. The predicted molar refractivity (Wildman–Crippen MR) is 104 cm³/mol. The van der Waals surface area contributed by atoms with Gasteiger partial charge in [-0.1, -0.05) is 41.9 Å². The van der Waals surface area contributed by atoms with Crippen molar-refractivity contribution in [2.24, 2.45) is 0 Å². The summed E-state index contributed by atoms with van der Waals surface area (Å²) >= 11 is 5.91. The molecule has 0 aliphatic heterocycles. The molecule has 0 aliphatic rings. The highest BCUT2D eigenvalue weighted by molar-refractivity contribution is 7.58. The van der Waals surface area contributed by atoms with Crippen LogP contribution in [-0.4, -0.2) is 19.1 Å². The van der Waals surface area contributed by atoms with E-state index >= 15 is 0 Å². The Hall–Kier alpha value is -1.91. The highest BCUT2D eigenvalue weighted by Gasteiger charge is 2.31. The van der Waals surface area contributed by atoms with Crippen LogP contribution in [0.15, 0.2) is 60.0 Å². The molecule has 0 unspecified atom stereocenters. The van der Waals surface area contributed by atoms with Crippen molar-refractivity contribution in [1.82, 2.24) is 5.32 Å². The van der Waals surface area contributed by atoms with Crippen LogP contribution in [0.25, 0.3) is 6.08 Å². The zero-order valence-electron chi connectivity index (χ0n) is 14.6. The fourth-order valence-electron chi connectivity index (χ4n) is 2.19. The normalized spacial score (nSPS) is 12.0. The van der Waals surface area contributed by atoms with Crippen LogP contribution in [0, 0.1) is 0 Å². The van der Waals surface area contributed by atoms with E-state index in [1.165, 1.54) is 0 Å². The molecule has 5 nitrogen and oxygen atoms in total. The number of benzene rings is 2. The lowest BCUT2D eigenvalue weighted by Crippen LogP contribution is -2.24. The molecular formula is C19H21ClNO4P. The summed E-state index contributed by atoms with van der Waals surface area (Å²) in [4.78, 5) is 12.5. The first kappa shape index (κ1) is 20.4. The first-order chi connectivity index (χ1) is 12.5. The largest absolute Gasteiger partial charge is 0.377 e. The topological polar surface area (TPSA) is 64.6 Å². The zero-order chi connectivity index (χ0) is 19.0. The van der Waals surface area contributed by atoms with Gasteiger partial charge in [0, 0.05) is 10.6 Å². The third-order valence-corrected chi connectivity index (χ3v) is 5.62. The van der Waals surface area contributed by atoms with E-state index in [1.807, 2.05) is 6.07 Å². The summed E-state index contributed by atoms with van der Waals surface area (Å²) < 4.78 is 24.0. The van der Waals surface area contributed by atoms with Crippen LogP contribution in [0.2, 0.25) is 5.02 Å². The average molecular weight is 394 g/mol. The molecule has 0 saturated carbocycles. The molecule has 26 heavy (non-hydrogen) atoms. The van der Waals surface area contributed by atoms with Gasteiger partial charge < -0.3 is 14.4 Å². The number of carbonyl (C=O) groups excluding carboxylic acids is 1. The molecule has 0 spiro atoms. The Morgan fingerprint density at radius 1 is 1.04 bits per heavy atom. The predicted octanol–water partition coefficient (Wildman–Crippen LogP) is 5.33. The second-order valence-electron chi connectivity index (χ2n) is 5.23. The second kappa shape index (κ2) is 9.70. The third kappa shape index (κ3) is 5.55. The molecule has 0 aliphatic carbocycles. The summed E-state index contributed by atoms with van der Waals surface area (Å²) in [7, 11) is -3.68. The fourth-order valence-corrected chi connectivity index (χ4v) is 3.90. The summed E-state index contributed by atoms with van der Waals surface area (Å²) in [5, 5.41) is 3.26. The third-order valence-electron chi connectivity index (χ3n) is 3.34. The summed E-state index contributed by atoms with van der Waals surface area (Å²) in [6.45, 7) is 3.78. The van der Waals surface area contributed by atoms with Gasteiger partial charge in [-0.15, -0.1) is 0 Å². The lowest BCUT2D eigenvalue weighted by Gasteiger charge is -2.21. The van der Waals surface area contributed by atoms with Gasteiger partial charge in [0.15, 0.2) is 0 Å². The van der Waals surface area contributed by atoms with E-state index in [4.69, 9.17) is 20.6 Å². The van der Waals surface area contributed by atoms with Gasteiger partial charge >= 0.3 is 7.60 Å². The molecule has 7 heteroatoms. The first-order valence-corrected chi connectivity index (χ1v) is 10.1. The van der Waals surface area contributed by atoms with E-state index < -0.39 is 13.5 Å². The minimum atomic E-state index is -3.68. The van der Waals surface area contributed by atoms with Gasteiger partial charge in [0.2, 0.25) is 0 Å². The van der Waals surface area contributed by atoms with Gasteiger partial charge in [-0.3, -0.25) is 9.36 Å². The minimum absolute atomic E-state index is 0.0809. The van der Waals surface area contributed by atoms with Gasteiger partial charge in [-0.25, -0.2) is 0 Å². The lowest BCUT2D eigenvalue weighted by molar-refractivity contribution is 0.0965. The first-order valence-electron chi connectivity index (χ1n) is 8.22. The molecule has 2 rings (SSSR count). The van der Waals surface area contributed by atoms with Crippen molar-refractivity contribution < 1.29 is 18.4 Å². The quantitative estimate of drug-likeness (QED) is 0.615. The van der Waals surface area contributed by atoms with Crippen molar-refractivity contribution >= 4 is 31.2 Å². The molecule has 0 radical (unpaired) electrons. The molecule has 0 heterocycles.